The highest BCUT2D eigenvalue weighted by Crippen LogP contribution is 2.37. The highest BCUT2D eigenvalue weighted by Gasteiger charge is 2.33. The Morgan fingerprint density at radius 2 is 1.50 bits per heavy atom. The lowest BCUT2D eigenvalue weighted by Gasteiger charge is -2.28. The monoisotopic (exact) mass is 632 g/mol. The molecule has 5 atom stereocenters. The smallest absolute Gasteiger partial charge is 0.328 e. The third-order valence-electron chi connectivity index (χ3n) is 8.25. The number of benzene rings is 3. The summed E-state index contributed by atoms with van der Waals surface area (Å²) in [6.45, 7) is 3.66. The molecule has 0 aromatic heterocycles. The van der Waals surface area contributed by atoms with E-state index in [1.807, 2.05) is 6.92 Å². The molecule has 1 aliphatic heterocycles. The first-order chi connectivity index (χ1) is 21.9. The van der Waals surface area contributed by atoms with E-state index in [2.05, 4.69) is 16.0 Å². The van der Waals surface area contributed by atoms with E-state index in [0.717, 1.165) is 0 Å². The van der Waals surface area contributed by atoms with Crippen molar-refractivity contribution < 1.29 is 39.2 Å². The van der Waals surface area contributed by atoms with Gasteiger partial charge in [0.15, 0.2) is 0 Å². The molecule has 12 nitrogen and oxygen atoms in total. The van der Waals surface area contributed by atoms with E-state index in [0.29, 0.717) is 28.7 Å². The number of hydrogen-bond acceptors (Lipinski definition) is 9. The molecule has 8 N–H and O–H groups in total. The lowest BCUT2D eigenvalue weighted by atomic mass is 9.95. The van der Waals surface area contributed by atoms with Crippen molar-refractivity contribution in [1.82, 2.24) is 16.0 Å². The molecule has 1 unspecified atom stereocenters. The Hall–Kier alpha value is -5.10. The van der Waals surface area contributed by atoms with Crippen LogP contribution in [0.15, 0.2) is 60.7 Å². The van der Waals surface area contributed by atoms with Crippen LogP contribution in [0.4, 0.5) is 0 Å². The number of phenolic OH excluding ortho intramolecular Hbond substituents is 3. The number of carbonyl (C=O) groups excluding carboxylic acids is 4. The second-order valence-electron chi connectivity index (χ2n) is 11.6. The van der Waals surface area contributed by atoms with E-state index in [1.54, 1.807) is 43.3 Å². The van der Waals surface area contributed by atoms with Crippen molar-refractivity contribution in [2.45, 2.75) is 63.7 Å². The molecule has 4 rings (SSSR count). The summed E-state index contributed by atoms with van der Waals surface area (Å²) in [5.41, 5.74) is 8.60. The van der Waals surface area contributed by atoms with Crippen molar-refractivity contribution in [1.29, 1.82) is 0 Å². The predicted molar refractivity (Wildman–Crippen MR) is 170 cm³/mol. The molecule has 12 heteroatoms. The third-order valence-corrected chi connectivity index (χ3v) is 8.25. The summed E-state index contributed by atoms with van der Waals surface area (Å²) in [6, 6.07) is 11.0. The second kappa shape index (κ2) is 14.8. The molecule has 3 amide bonds. The SMILES string of the molecule is CCC(C)[C@@H]1NC(=O)[C@@H](N)Cc2ccc(O)c(c2)-c2cc(ccc2O)C[C@@H](C(=O)N[C@@H](Cc2ccc(O)cc2)C(=O)OC)NC1=O. The third kappa shape index (κ3) is 8.13. The minimum Gasteiger partial charge on any atom is -0.508 e. The molecular formula is C34H40N4O8. The van der Waals surface area contributed by atoms with Crippen molar-refractivity contribution in [2.24, 2.45) is 11.7 Å². The van der Waals surface area contributed by atoms with Crippen molar-refractivity contribution in [3.63, 3.8) is 0 Å². The van der Waals surface area contributed by atoms with Gasteiger partial charge in [0.25, 0.3) is 0 Å². The predicted octanol–water partition coefficient (Wildman–Crippen LogP) is 1.81. The summed E-state index contributed by atoms with van der Waals surface area (Å²) in [5.74, 6) is -3.14. The number of phenols is 3. The van der Waals surface area contributed by atoms with Crippen LogP contribution in [0.3, 0.4) is 0 Å². The first-order valence-electron chi connectivity index (χ1n) is 15.1. The maximum absolute atomic E-state index is 13.9. The molecule has 0 saturated carbocycles. The molecule has 3 aromatic carbocycles. The summed E-state index contributed by atoms with van der Waals surface area (Å²) in [7, 11) is 1.19. The van der Waals surface area contributed by atoms with Gasteiger partial charge in [0.1, 0.15) is 35.4 Å². The van der Waals surface area contributed by atoms with Crippen molar-refractivity contribution in [3.8, 4) is 28.4 Å². The highest BCUT2D eigenvalue weighted by atomic mass is 16.5. The summed E-state index contributed by atoms with van der Waals surface area (Å²) in [4.78, 5) is 53.6. The van der Waals surface area contributed by atoms with Gasteiger partial charge in [0.2, 0.25) is 17.7 Å². The molecule has 0 spiro atoms. The average Bonchev–Trinajstić information content (AvgIpc) is 3.04. The van der Waals surface area contributed by atoms with E-state index in [1.165, 1.54) is 31.4 Å². The topological polar surface area (TPSA) is 200 Å². The highest BCUT2D eigenvalue weighted by molar-refractivity contribution is 5.94. The fourth-order valence-corrected chi connectivity index (χ4v) is 5.34. The molecule has 46 heavy (non-hydrogen) atoms. The average molecular weight is 633 g/mol. The van der Waals surface area contributed by atoms with Crippen molar-refractivity contribution >= 4 is 23.7 Å². The van der Waals surface area contributed by atoms with Gasteiger partial charge in [-0.1, -0.05) is 44.5 Å². The lowest BCUT2D eigenvalue weighted by Crippen LogP contribution is -2.59. The van der Waals surface area contributed by atoms with E-state index >= 15 is 0 Å². The molecule has 1 heterocycles. The van der Waals surface area contributed by atoms with Crippen LogP contribution in [0.25, 0.3) is 11.1 Å². The number of fused-ring (bicyclic) bond motifs is 5. The fourth-order valence-electron chi connectivity index (χ4n) is 5.34. The van der Waals surface area contributed by atoms with Crippen molar-refractivity contribution in [3.05, 3.63) is 77.4 Å². The molecule has 244 valence electrons. The number of ether oxygens (including phenoxy) is 1. The zero-order chi connectivity index (χ0) is 33.5. The van der Waals surface area contributed by atoms with Crippen LogP contribution >= 0.6 is 0 Å². The van der Waals surface area contributed by atoms with Gasteiger partial charge in [-0.15, -0.1) is 0 Å². The second-order valence-corrected chi connectivity index (χ2v) is 11.6. The van der Waals surface area contributed by atoms with Crippen LogP contribution in [0, 0.1) is 5.92 Å². The maximum atomic E-state index is 13.9. The van der Waals surface area contributed by atoms with E-state index in [4.69, 9.17) is 10.5 Å². The molecule has 3 aromatic rings. The number of methoxy groups -OCH3 is 1. The Balaban J connectivity index is 1.76. The normalized spacial score (nSPS) is 19.8. The van der Waals surface area contributed by atoms with Crippen LogP contribution in [0.2, 0.25) is 0 Å². The van der Waals surface area contributed by atoms with Gasteiger partial charge in [-0.05, 0) is 65.4 Å². The first kappa shape index (κ1) is 33.8. The molecule has 0 saturated heterocycles. The van der Waals surface area contributed by atoms with E-state index in [9.17, 15) is 34.5 Å². The minimum atomic E-state index is -1.24. The maximum Gasteiger partial charge on any atom is 0.328 e. The number of amides is 3. The summed E-state index contributed by atoms with van der Waals surface area (Å²) in [6.07, 6.45) is 0.598. The number of nitrogens with one attached hydrogen (secondary N) is 3. The molecule has 4 bridgehead atoms. The largest absolute Gasteiger partial charge is 0.508 e. The summed E-state index contributed by atoms with van der Waals surface area (Å²) >= 11 is 0. The Morgan fingerprint density at radius 1 is 0.913 bits per heavy atom. The lowest BCUT2D eigenvalue weighted by molar-refractivity contribution is -0.145. The number of rotatable bonds is 7. The van der Waals surface area contributed by atoms with Gasteiger partial charge in [0.05, 0.1) is 13.2 Å². The number of hydrogen-bond donors (Lipinski definition) is 7. The summed E-state index contributed by atoms with van der Waals surface area (Å²) in [5, 5.41) is 39.3. The quantitative estimate of drug-likeness (QED) is 0.190. The number of carbonyl (C=O) groups is 4. The Labute approximate surface area is 267 Å². The van der Waals surface area contributed by atoms with Gasteiger partial charge >= 0.3 is 5.97 Å². The standard InChI is InChI=1S/C34H40N4O8/c1-4-18(2)30-33(44)36-26(32(43)37-27(34(45)46-3)16-19-5-9-22(39)10-6-19)17-21-8-12-29(41)24(14-21)23-13-20(7-11-28(23)40)15-25(35)31(42)38-30/h5-14,18,25-27,30,39-41H,4,15-17,35H2,1-3H3,(H,36,44)(H,37,43)(H,38,42)/t18?,25-,26-,27-,30-/m0/s1. The summed E-state index contributed by atoms with van der Waals surface area (Å²) < 4.78 is 4.93. The van der Waals surface area contributed by atoms with E-state index in [-0.39, 0.29) is 48.0 Å². The van der Waals surface area contributed by atoms with Crippen LogP contribution in [-0.4, -0.2) is 70.3 Å². The Bertz CT molecular complexity index is 1590. The number of aromatic hydroxyl groups is 3. The van der Waals surface area contributed by atoms with E-state index < -0.39 is 47.9 Å². The van der Waals surface area contributed by atoms with Crippen molar-refractivity contribution in [2.75, 3.05) is 7.11 Å². The number of nitrogens with two attached hydrogens (primary N) is 1. The molecular weight excluding hydrogens is 592 g/mol. The fraction of sp³-hybridized carbons (Fsp3) is 0.353. The molecule has 0 aliphatic carbocycles. The molecule has 1 aliphatic rings. The Kier molecular flexibility index (Phi) is 10.9. The van der Waals surface area contributed by atoms with Crippen LogP contribution < -0.4 is 21.7 Å². The van der Waals surface area contributed by atoms with Gasteiger partial charge < -0.3 is 41.7 Å². The molecule has 0 radical (unpaired) electrons. The zero-order valence-corrected chi connectivity index (χ0v) is 25.9. The molecule has 0 fully saturated rings. The van der Waals surface area contributed by atoms with Gasteiger partial charge in [0, 0.05) is 24.0 Å². The zero-order valence-electron chi connectivity index (χ0n) is 25.9. The van der Waals surface area contributed by atoms with Crippen LogP contribution in [0.1, 0.15) is 37.0 Å². The van der Waals surface area contributed by atoms with Gasteiger partial charge in [-0.3, -0.25) is 14.4 Å². The van der Waals surface area contributed by atoms with Crippen LogP contribution in [-0.2, 0) is 43.2 Å². The van der Waals surface area contributed by atoms with Crippen LogP contribution in [0.5, 0.6) is 17.2 Å². The minimum absolute atomic E-state index is 0.0396. The first-order valence-corrected chi connectivity index (χ1v) is 15.1. The van der Waals surface area contributed by atoms with Gasteiger partial charge in [-0.25, -0.2) is 4.79 Å². The number of esters is 1. The Morgan fingerprint density at radius 3 is 2.07 bits per heavy atom. The van der Waals surface area contributed by atoms with Gasteiger partial charge in [-0.2, -0.15) is 0 Å².